The highest BCUT2D eigenvalue weighted by molar-refractivity contribution is 6.31. The van der Waals surface area contributed by atoms with Crippen LogP contribution in [-0.2, 0) is 17.8 Å². The number of benzene rings is 2. The van der Waals surface area contributed by atoms with Crippen molar-refractivity contribution in [2.24, 2.45) is 22.2 Å². The lowest BCUT2D eigenvalue weighted by Crippen LogP contribution is -2.25. The molecule has 0 bridgehead atoms. The van der Waals surface area contributed by atoms with Gasteiger partial charge in [-0.3, -0.25) is 9.56 Å². The third-order valence-corrected chi connectivity index (χ3v) is 7.06. The number of H-pyrrole nitrogens is 1. The van der Waals surface area contributed by atoms with Gasteiger partial charge in [-0.15, -0.1) is 0 Å². The minimum Gasteiger partial charge on any atom is -0.388 e. The Kier molecular flexibility index (Phi) is 10.3. The van der Waals surface area contributed by atoms with E-state index in [1.807, 2.05) is 31.2 Å². The summed E-state index contributed by atoms with van der Waals surface area (Å²) in [6.07, 6.45) is 4.69. The number of halogens is 2. The molecule has 0 fully saturated rings. The highest BCUT2D eigenvalue weighted by Crippen LogP contribution is 2.31. The van der Waals surface area contributed by atoms with Gasteiger partial charge in [0.2, 0.25) is 0 Å². The largest absolute Gasteiger partial charge is 0.388 e. The quantitative estimate of drug-likeness (QED) is 0.135. The normalized spacial score (nSPS) is 13.6. The summed E-state index contributed by atoms with van der Waals surface area (Å²) >= 11 is 6.23. The molecule has 4 rings (SSSR count). The summed E-state index contributed by atoms with van der Waals surface area (Å²) < 4.78 is 22.4. The number of hydrogen-bond acceptors (Lipinski definition) is 6. The SMILES string of the molecule is CC(N)=NCC[C@H](CN)OCc1ccc(-n2cc3cc(-c4cc(CCC[C@H](C)N)cc(Cl)c4F)[nH]c3nc2=O)cc1. The second-order valence-electron chi connectivity index (χ2n) is 10.3. The van der Waals surface area contributed by atoms with E-state index in [-0.39, 0.29) is 17.2 Å². The van der Waals surface area contributed by atoms with Crippen LogP contribution in [0.3, 0.4) is 0 Å². The molecule has 4 aromatic rings. The van der Waals surface area contributed by atoms with Gasteiger partial charge >= 0.3 is 5.69 Å². The Morgan fingerprint density at radius 3 is 2.63 bits per heavy atom. The second kappa shape index (κ2) is 13.9. The van der Waals surface area contributed by atoms with Crippen LogP contribution in [0.5, 0.6) is 0 Å². The van der Waals surface area contributed by atoms with Gasteiger partial charge in [0.25, 0.3) is 0 Å². The standard InChI is InChI=1S/C30H37ClFN7O2/c1-18(34)4-3-5-21-12-25(28(32)26(31)13-21)27-14-22-16-39(30(40)38-29(22)37-27)23-8-6-20(7-9-23)17-41-24(15-33)10-11-36-19(2)35/h6-9,12-14,16,18,24H,3-5,10-11,15,17,33-34H2,1-2H3,(H2,35,36)(H,37,38,40)/t18-,24+/m0/s1. The summed E-state index contributed by atoms with van der Waals surface area (Å²) in [5, 5.41) is 0.705. The fourth-order valence-corrected chi connectivity index (χ4v) is 4.80. The fourth-order valence-electron chi connectivity index (χ4n) is 4.56. The fraction of sp³-hybridized carbons (Fsp3) is 0.367. The van der Waals surface area contributed by atoms with E-state index in [2.05, 4.69) is 15.0 Å². The van der Waals surface area contributed by atoms with E-state index in [1.165, 1.54) is 4.57 Å². The molecule has 9 nitrogen and oxygen atoms in total. The highest BCUT2D eigenvalue weighted by Gasteiger charge is 2.16. The number of amidine groups is 1. The lowest BCUT2D eigenvalue weighted by atomic mass is 10.0. The van der Waals surface area contributed by atoms with Crippen molar-refractivity contribution < 1.29 is 9.13 Å². The van der Waals surface area contributed by atoms with Crippen LogP contribution >= 0.6 is 11.6 Å². The van der Waals surface area contributed by atoms with Crippen LogP contribution in [0.2, 0.25) is 5.02 Å². The summed E-state index contributed by atoms with van der Waals surface area (Å²) in [5.74, 6) is 0.00553. The number of aromatic amines is 1. The van der Waals surface area contributed by atoms with Gasteiger partial charge in [-0.2, -0.15) is 4.98 Å². The molecule has 0 aliphatic heterocycles. The van der Waals surface area contributed by atoms with Crippen molar-refractivity contribution in [2.75, 3.05) is 13.1 Å². The van der Waals surface area contributed by atoms with Gasteiger partial charge in [-0.1, -0.05) is 23.7 Å². The summed E-state index contributed by atoms with van der Waals surface area (Å²) in [6, 6.07) is 12.7. The van der Waals surface area contributed by atoms with Crippen LogP contribution in [0, 0.1) is 5.82 Å². The van der Waals surface area contributed by atoms with Crippen molar-refractivity contribution >= 4 is 28.5 Å². The molecule has 0 amide bonds. The first kappa shape index (κ1) is 30.4. The van der Waals surface area contributed by atoms with E-state index in [0.717, 1.165) is 30.4 Å². The first-order valence-corrected chi connectivity index (χ1v) is 14.1. The van der Waals surface area contributed by atoms with Gasteiger partial charge in [0.05, 0.1) is 35.0 Å². The summed E-state index contributed by atoms with van der Waals surface area (Å²) in [4.78, 5) is 24.3. The number of aryl methyl sites for hydroxylation is 1. The van der Waals surface area contributed by atoms with Crippen LogP contribution in [0.25, 0.3) is 28.0 Å². The minimum absolute atomic E-state index is 0.0468. The molecule has 0 spiro atoms. The van der Waals surface area contributed by atoms with Crippen molar-refractivity contribution in [2.45, 2.75) is 58.3 Å². The number of aliphatic imine (C=N–C) groups is 1. The van der Waals surface area contributed by atoms with E-state index >= 15 is 4.39 Å². The molecule has 41 heavy (non-hydrogen) atoms. The predicted octanol–water partition coefficient (Wildman–Crippen LogP) is 4.45. The van der Waals surface area contributed by atoms with Gasteiger partial charge in [-0.25, -0.2) is 9.18 Å². The number of fused-ring (bicyclic) bond motifs is 1. The number of nitrogens with zero attached hydrogens (tertiary/aromatic N) is 3. The first-order valence-electron chi connectivity index (χ1n) is 13.7. The number of aromatic nitrogens is 3. The van der Waals surface area contributed by atoms with Gasteiger partial charge in [0, 0.05) is 36.3 Å². The Labute approximate surface area is 243 Å². The Morgan fingerprint density at radius 1 is 1.20 bits per heavy atom. The zero-order valence-electron chi connectivity index (χ0n) is 23.4. The molecule has 0 aliphatic rings. The zero-order chi connectivity index (χ0) is 29.5. The third kappa shape index (κ3) is 8.01. The Hall–Kier alpha value is -3.57. The molecule has 0 saturated carbocycles. The number of nitrogens with two attached hydrogens (primary N) is 3. The molecule has 2 aromatic heterocycles. The number of rotatable bonds is 13. The molecular weight excluding hydrogens is 545 g/mol. The second-order valence-corrected chi connectivity index (χ2v) is 10.7. The van der Waals surface area contributed by atoms with Crippen molar-refractivity contribution in [3.63, 3.8) is 0 Å². The smallest absolute Gasteiger partial charge is 0.354 e. The maximum atomic E-state index is 15.0. The van der Waals surface area contributed by atoms with Crippen molar-refractivity contribution in [3.05, 3.63) is 81.1 Å². The Morgan fingerprint density at radius 2 is 1.95 bits per heavy atom. The van der Waals surface area contributed by atoms with Gasteiger partial charge in [0.1, 0.15) is 5.65 Å². The van der Waals surface area contributed by atoms with Crippen molar-refractivity contribution in [3.8, 4) is 16.9 Å². The molecule has 218 valence electrons. The Bertz CT molecular complexity index is 1560. The third-order valence-electron chi connectivity index (χ3n) is 6.79. The zero-order valence-corrected chi connectivity index (χ0v) is 24.1. The predicted molar refractivity (Wildman–Crippen MR) is 163 cm³/mol. The topological polar surface area (TPSA) is 150 Å². The first-order chi connectivity index (χ1) is 19.6. The maximum absolute atomic E-state index is 15.0. The number of ether oxygens (including phenoxy) is 1. The van der Waals surface area contributed by atoms with E-state index in [4.69, 9.17) is 33.5 Å². The lowest BCUT2D eigenvalue weighted by molar-refractivity contribution is 0.0426. The summed E-state index contributed by atoms with van der Waals surface area (Å²) in [6.45, 7) is 5.02. The van der Waals surface area contributed by atoms with Crippen LogP contribution in [0.15, 0.2) is 58.4 Å². The van der Waals surface area contributed by atoms with E-state index in [9.17, 15) is 4.79 Å². The molecule has 0 aliphatic carbocycles. The van der Waals surface area contributed by atoms with Crippen LogP contribution in [0.4, 0.5) is 4.39 Å². The molecular formula is C30H37ClFN7O2. The molecule has 0 unspecified atom stereocenters. The average Bonchev–Trinajstić information content (AvgIpc) is 3.34. The molecule has 2 aromatic carbocycles. The summed E-state index contributed by atoms with van der Waals surface area (Å²) in [7, 11) is 0. The van der Waals surface area contributed by atoms with Gasteiger partial charge < -0.3 is 26.9 Å². The summed E-state index contributed by atoms with van der Waals surface area (Å²) in [5.41, 5.74) is 20.5. The average molecular weight is 582 g/mol. The maximum Gasteiger partial charge on any atom is 0.354 e. The molecule has 0 radical (unpaired) electrons. The van der Waals surface area contributed by atoms with E-state index < -0.39 is 11.5 Å². The van der Waals surface area contributed by atoms with Crippen LogP contribution in [0.1, 0.15) is 44.2 Å². The molecule has 2 atom stereocenters. The van der Waals surface area contributed by atoms with Crippen LogP contribution in [-0.4, -0.2) is 45.6 Å². The number of nitrogens with one attached hydrogen (secondary N) is 1. The van der Waals surface area contributed by atoms with Crippen molar-refractivity contribution in [1.29, 1.82) is 0 Å². The molecule has 2 heterocycles. The molecule has 0 saturated heterocycles. The lowest BCUT2D eigenvalue weighted by Gasteiger charge is -2.15. The van der Waals surface area contributed by atoms with Gasteiger partial charge in [-0.05, 0) is 81.0 Å². The van der Waals surface area contributed by atoms with Gasteiger partial charge in [0.15, 0.2) is 5.82 Å². The highest BCUT2D eigenvalue weighted by atomic mass is 35.5. The van der Waals surface area contributed by atoms with Crippen LogP contribution < -0.4 is 22.9 Å². The minimum atomic E-state index is -0.527. The number of hydrogen-bond donors (Lipinski definition) is 4. The monoisotopic (exact) mass is 581 g/mol. The molecule has 11 heteroatoms. The Balaban J connectivity index is 1.52. The van der Waals surface area contributed by atoms with E-state index in [0.29, 0.717) is 59.9 Å². The van der Waals surface area contributed by atoms with Crippen molar-refractivity contribution in [1.82, 2.24) is 14.5 Å². The molecule has 7 N–H and O–H groups in total. The van der Waals surface area contributed by atoms with E-state index in [1.54, 1.807) is 31.3 Å².